The van der Waals surface area contributed by atoms with Crippen molar-refractivity contribution in [2.75, 3.05) is 12.4 Å². The molecule has 0 bridgehead atoms. The van der Waals surface area contributed by atoms with Crippen molar-refractivity contribution in [1.29, 1.82) is 0 Å². The fraction of sp³-hybridized carbons (Fsp3) is 0.182. The Bertz CT molecular complexity index is 1170. The molecule has 6 nitrogen and oxygen atoms in total. The van der Waals surface area contributed by atoms with Gasteiger partial charge in [0.2, 0.25) is 0 Å². The fourth-order valence-corrected chi connectivity index (χ4v) is 3.42. The number of nitrogens with zero attached hydrogens (tertiary/aromatic N) is 1. The van der Waals surface area contributed by atoms with Crippen LogP contribution in [0.2, 0.25) is 0 Å². The molecular weight excluding hydrogens is 413 g/mol. The van der Waals surface area contributed by atoms with E-state index in [0.717, 1.165) is 6.07 Å². The van der Waals surface area contributed by atoms with Crippen molar-refractivity contribution in [1.82, 2.24) is 4.57 Å². The Labute approximate surface area is 175 Å². The van der Waals surface area contributed by atoms with Crippen LogP contribution in [0.4, 0.5) is 18.9 Å². The maximum atomic E-state index is 13.5. The van der Waals surface area contributed by atoms with Crippen molar-refractivity contribution in [3.05, 3.63) is 76.6 Å². The number of aryl methyl sites for hydroxylation is 1. The number of benzene rings is 2. The molecule has 0 atom stereocenters. The number of para-hydroxylation sites is 1. The minimum atomic E-state index is -4.55. The fourth-order valence-electron chi connectivity index (χ4n) is 3.42. The molecule has 1 aromatic heterocycles. The standard InChI is InChI=1S/C22H19F3N2O4/c1-12-10-16(13(2)27(12)18-7-5-4-6-17(18)22(23,24)25)20(28)26-14-8-9-15(21(29)30)19(11-14)31-3/h4-11H,1-3H3,(H,26,28)(H,29,30). The van der Waals surface area contributed by atoms with E-state index < -0.39 is 23.6 Å². The third-order valence-corrected chi connectivity index (χ3v) is 4.82. The van der Waals surface area contributed by atoms with Gasteiger partial charge in [0.15, 0.2) is 0 Å². The van der Waals surface area contributed by atoms with Crippen molar-refractivity contribution < 1.29 is 32.6 Å². The minimum absolute atomic E-state index is 0.0647. The van der Waals surface area contributed by atoms with Crippen molar-refractivity contribution in [3.8, 4) is 11.4 Å². The van der Waals surface area contributed by atoms with E-state index in [0.29, 0.717) is 11.4 Å². The molecule has 0 spiro atoms. The molecule has 0 saturated carbocycles. The SMILES string of the molecule is COc1cc(NC(=O)c2cc(C)n(-c3ccccc3C(F)(F)F)c2C)ccc1C(=O)O. The van der Waals surface area contributed by atoms with Crippen LogP contribution in [0.1, 0.15) is 37.7 Å². The molecule has 31 heavy (non-hydrogen) atoms. The zero-order valence-electron chi connectivity index (χ0n) is 16.9. The van der Waals surface area contributed by atoms with Gasteiger partial charge < -0.3 is 19.7 Å². The highest BCUT2D eigenvalue weighted by Crippen LogP contribution is 2.35. The summed E-state index contributed by atoms with van der Waals surface area (Å²) in [6.45, 7) is 3.17. The molecular formula is C22H19F3N2O4. The number of aromatic nitrogens is 1. The van der Waals surface area contributed by atoms with Gasteiger partial charge in [-0.1, -0.05) is 12.1 Å². The number of amides is 1. The Morgan fingerprint density at radius 3 is 2.32 bits per heavy atom. The lowest BCUT2D eigenvalue weighted by molar-refractivity contribution is -0.137. The molecule has 3 rings (SSSR count). The summed E-state index contributed by atoms with van der Waals surface area (Å²) in [5.41, 5.74) is 0.318. The van der Waals surface area contributed by atoms with Crippen molar-refractivity contribution in [3.63, 3.8) is 0 Å². The molecule has 0 aliphatic rings. The summed E-state index contributed by atoms with van der Waals surface area (Å²) < 4.78 is 46.8. The van der Waals surface area contributed by atoms with Gasteiger partial charge >= 0.3 is 12.1 Å². The first-order chi connectivity index (χ1) is 14.5. The lowest BCUT2D eigenvalue weighted by atomic mass is 10.1. The Morgan fingerprint density at radius 2 is 1.71 bits per heavy atom. The van der Waals surface area contributed by atoms with E-state index in [1.807, 2.05) is 0 Å². The Balaban J connectivity index is 1.98. The minimum Gasteiger partial charge on any atom is -0.496 e. The molecule has 9 heteroatoms. The van der Waals surface area contributed by atoms with Gasteiger partial charge in [0, 0.05) is 23.1 Å². The highest BCUT2D eigenvalue weighted by Gasteiger charge is 2.34. The van der Waals surface area contributed by atoms with Crippen LogP contribution in [0.5, 0.6) is 5.75 Å². The third kappa shape index (κ3) is 4.25. The predicted molar refractivity (Wildman–Crippen MR) is 108 cm³/mol. The second-order valence-corrected chi connectivity index (χ2v) is 6.81. The molecule has 0 radical (unpaired) electrons. The van der Waals surface area contributed by atoms with Crippen molar-refractivity contribution >= 4 is 17.6 Å². The summed E-state index contributed by atoms with van der Waals surface area (Å²) in [7, 11) is 1.30. The first-order valence-corrected chi connectivity index (χ1v) is 9.12. The molecule has 0 fully saturated rings. The zero-order chi connectivity index (χ0) is 22.9. The lowest BCUT2D eigenvalue weighted by Gasteiger charge is -2.17. The number of aromatic carboxylic acids is 1. The van der Waals surface area contributed by atoms with Crippen molar-refractivity contribution in [2.24, 2.45) is 0 Å². The van der Waals surface area contributed by atoms with Crippen LogP contribution >= 0.6 is 0 Å². The highest BCUT2D eigenvalue weighted by molar-refractivity contribution is 6.06. The largest absolute Gasteiger partial charge is 0.496 e. The molecule has 0 saturated heterocycles. The average Bonchev–Trinajstić information content (AvgIpc) is 3.01. The van der Waals surface area contributed by atoms with Crippen LogP contribution in [0.3, 0.4) is 0 Å². The molecule has 162 valence electrons. The number of alkyl halides is 3. The van der Waals surface area contributed by atoms with Gasteiger partial charge in [0.25, 0.3) is 5.91 Å². The topological polar surface area (TPSA) is 80.6 Å². The van der Waals surface area contributed by atoms with Crippen LogP contribution in [-0.4, -0.2) is 28.7 Å². The number of halogens is 3. The number of rotatable bonds is 5. The van der Waals surface area contributed by atoms with E-state index in [2.05, 4.69) is 5.32 Å². The normalized spacial score (nSPS) is 11.3. The van der Waals surface area contributed by atoms with Gasteiger partial charge in [0.1, 0.15) is 11.3 Å². The first kappa shape index (κ1) is 21.9. The van der Waals surface area contributed by atoms with Gasteiger partial charge in [-0.15, -0.1) is 0 Å². The van der Waals surface area contributed by atoms with E-state index >= 15 is 0 Å². The van der Waals surface area contributed by atoms with Crippen LogP contribution in [0.25, 0.3) is 5.69 Å². The van der Waals surface area contributed by atoms with Gasteiger partial charge in [0.05, 0.1) is 23.9 Å². The van der Waals surface area contributed by atoms with Crippen LogP contribution < -0.4 is 10.1 Å². The molecule has 3 aromatic rings. The van der Waals surface area contributed by atoms with Gasteiger partial charge in [-0.25, -0.2) is 4.79 Å². The number of methoxy groups -OCH3 is 1. The summed E-state index contributed by atoms with van der Waals surface area (Å²) in [5.74, 6) is -1.66. The number of carboxylic acids is 1. The highest BCUT2D eigenvalue weighted by atomic mass is 19.4. The number of carbonyl (C=O) groups excluding carboxylic acids is 1. The molecule has 1 amide bonds. The summed E-state index contributed by atoms with van der Waals surface area (Å²) in [4.78, 5) is 24.0. The quantitative estimate of drug-likeness (QED) is 0.590. The summed E-state index contributed by atoms with van der Waals surface area (Å²) in [6.07, 6.45) is -4.55. The monoisotopic (exact) mass is 432 g/mol. The second kappa shape index (κ2) is 8.17. The number of nitrogens with one attached hydrogen (secondary N) is 1. The summed E-state index contributed by atoms with van der Waals surface area (Å²) in [6, 6.07) is 10.7. The van der Waals surface area contributed by atoms with E-state index in [1.54, 1.807) is 13.8 Å². The predicted octanol–water partition coefficient (Wildman–Crippen LogP) is 5.07. The van der Waals surface area contributed by atoms with Crippen molar-refractivity contribution in [2.45, 2.75) is 20.0 Å². The van der Waals surface area contributed by atoms with E-state index in [-0.39, 0.29) is 28.3 Å². The van der Waals surface area contributed by atoms with E-state index in [1.165, 1.54) is 54.1 Å². The molecule has 2 aromatic carbocycles. The lowest BCUT2D eigenvalue weighted by Crippen LogP contribution is -2.15. The van der Waals surface area contributed by atoms with Gasteiger partial charge in [-0.05, 0) is 44.2 Å². The Kier molecular flexibility index (Phi) is 5.79. The number of hydrogen-bond acceptors (Lipinski definition) is 3. The van der Waals surface area contributed by atoms with E-state index in [4.69, 9.17) is 9.84 Å². The van der Waals surface area contributed by atoms with Gasteiger partial charge in [-0.2, -0.15) is 13.2 Å². The molecule has 0 aliphatic heterocycles. The molecule has 1 heterocycles. The average molecular weight is 432 g/mol. The maximum absolute atomic E-state index is 13.5. The van der Waals surface area contributed by atoms with E-state index in [9.17, 15) is 22.8 Å². The maximum Gasteiger partial charge on any atom is 0.418 e. The number of anilines is 1. The molecule has 2 N–H and O–H groups in total. The van der Waals surface area contributed by atoms with Crippen LogP contribution in [-0.2, 0) is 6.18 Å². The van der Waals surface area contributed by atoms with Crippen LogP contribution in [0.15, 0.2) is 48.5 Å². The smallest absolute Gasteiger partial charge is 0.418 e. The number of ether oxygens (including phenoxy) is 1. The molecule has 0 unspecified atom stereocenters. The van der Waals surface area contributed by atoms with Crippen LogP contribution in [0, 0.1) is 13.8 Å². The Morgan fingerprint density at radius 1 is 1.03 bits per heavy atom. The molecule has 0 aliphatic carbocycles. The number of carboxylic acid groups (broad SMARTS) is 1. The summed E-state index contributed by atoms with van der Waals surface area (Å²) >= 11 is 0. The summed E-state index contributed by atoms with van der Waals surface area (Å²) in [5, 5.41) is 11.8. The second-order valence-electron chi connectivity index (χ2n) is 6.81. The number of hydrogen-bond donors (Lipinski definition) is 2. The first-order valence-electron chi connectivity index (χ1n) is 9.12. The zero-order valence-corrected chi connectivity index (χ0v) is 16.9. The number of carbonyl (C=O) groups is 2. The van der Waals surface area contributed by atoms with Gasteiger partial charge in [-0.3, -0.25) is 4.79 Å². The Hall–Kier alpha value is -3.75. The third-order valence-electron chi connectivity index (χ3n) is 4.82.